The van der Waals surface area contributed by atoms with Crippen molar-refractivity contribution < 1.29 is 45.6 Å². The van der Waals surface area contributed by atoms with E-state index in [9.17, 15) is 0 Å². The van der Waals surface area contributed by atoms with Crippen LogP contribution in [-0.2, 0) is 60.4 Å². The van der Waals surface area contributed by atoms with Gasteiger partial charge in [-0.15, -0.1) is 45.5 Å². The van der Waals surface area contributed by atoms with E-state index in [2.05, 4.69) is 25.3 Å². The van der Waals surface area contributed by atoms with Gasteiger partial charge in [-0.05, 0) is 33.1 Å². The summed E-state index contributed by atoms with van der Waals surface area (Å²) in [6.07, 6.45) is 0. The summed E-state index contributed by atoms with van der Waals surface area (Å²) < 4.78 is 17.4. The molecule has 2 aliphatic rings. The van der Waals surface area contributed by atoms with Crippen LogP contribution in [0.25, 0.3) is 0 Å². The van der Waals surface area contributed by atoms with Gasteiger partial charge in [-0.25, -0.2) is 10.2 Å². The molecule has 0 aromatic heterocycles. The molecule has 0 bridgehead atoms. The van der Waals surface area contributed by atoms with E-state index >= 15 is 0 Å². The van der Waals surface area contributed by atoms with E-state index in [0.717, 1.165) is 59.5 Å². The van der Waals surface area contributed by atoms with Gasteiger partial charge >= 0.3 is 25.3 Å². The average Bonchev–Trinajstić information content (AvgIpc) is 2.85. The van der Waals surface area contributed by atoms with Crippen molar-refractivity contribution in [2.75, 3.05) is 49.2 Å². The van der Waals surface area contributed by atoms with Crippen molar-refractivity contribution in [3.8, 4) is 0 Å². The van der Waals surface area contributed by atoms with Crippen LogP contribution in [0.15, 0.2) is 0 Å². The van der Waals surface area contributed by atoms with Crippen molar-refractivity contribution >= 4 is 140 Å². The van der Waals surface area contributed by atoms with Crippen LogP contribution in [-0.4, -0.2) is 107 Å². The molecule has 0 radical (unpaired) electrons. The molecule has 0 atom stereocenters. The molecule has 0 spiro atoms. The van der Waals surface area contributed by atoms with Gasteiger partial charge in [0, 0.05) is 49.2 Å². The van der Waals surface area contributed by atoms with Gasteiger partial charge in [0.05, 0.1) is 0 Å². The van der Waals surface area contributed by atoms with E-state index in [1.807, 2.05) is 33.5 Å². The third-order valence-electron chi connectivity index (χ3n) is 3.76. The van der Waals surface area contributed by atoms with Gasteiger partial charge in [0.25, 0.3) is 0 Å². The van der Waals surface area contributed by atoms with Gasteiger partial charge < -0.3 is 49.7 Å². The van der Waals surface area contributed by atoms with Crippen LogP contribution in [0.2, 0.25) is 0 Å². The van der Waals surface area contributed by atoms with Gasteiger partial charge in [-0.3, -0.25) is 10.4 Å². The second-order valence-corrected chi connectivity index (χ2v) is 12.9. The predicted molar refractivity (Wildman–Crippen MR) is 162 cm³/mol. The SMILES string of the molecule is ONON(C(=S)S)N(C(=S)[S-])N1CCSCC1.ONON(C(=S)S)N(C(=S)[S-])N1CCSCC1.[O]=[Mo+2]=[O]. The third kappa shape index (κ3) is 15.2. The summed E-state index contributed by atoms with van der Waals surface area (Å²) in [7, 11) is 0. The first kappa shape index (κ1) is 38.4. The number of nitrogens with zero attached hydrogens (tertiary/aromatic N) is 6. The molecule has 2 aliphatic heterocycles. The molecule has 0 aliphatic carbocycles. The average molecular weight is 791 g/mol. The molecule has 2 fully saturated rings. The number of hydroxylamine groups is 2. The van der Waals surface area contributed by atoms with Gasteiger partial charge in [0.15, 0.2) is 8.64 Å². The first-order chi connectivity index (χ1) is 17.6. The van der Waals surface area contributed by atoms with E-state index in [0.29, 0.717) is 0 Å². The zero-order valence-corrected chi connectivity index (χ0v) is 28.8. The van der Waals surface area contributed by atoms with Crippen LogP contribution < -0.4 is 11.3 Å². The van der Waals surface area contributed by atoms with Gasteiger partial charge in [-0.2, -0.15) is 33.5 Å². The first-order valence-corrected chi connectivity index (χ1v) is 16.6. The van der Waals surface area contributed by atoms with Crippen molar-refractivity contribution in [1.29, 1.82) is 0 Å². The minimum atomic E-state index is -2.03. The Morgan fingerprint density at radius 3 is 1.24 bits per heavy atom. The first-order valence-electron chi connectivity index (χ1n) is 9.34. The standard InChI is InChI=1S/2C6H12N4O2S5.Mo.2O/c2*11-7-12-10(6(15)16)9(5(13)14)8-1-3-17-4-2-8;;;/h2*7,11H,1-4H2,(H,13,14)(H,15,16);;;/q;;+2;;/p-2. The Hall–Kier alpha value is 1.37. The number of thiocarbonyl (C=S) groups is 4. The second-order valence-electron chi connectivity index (χ2n) is 5.79. The fourth-order valence-corrected chi connectivity index (χ4v) is 5.50. The summed E-state index contributed by atoms with van der Waals surface area (Å²) in [5, 5.41) is 25.7. The number of thiol groups is 2. The number of nitrogens with one attached hydrogen (secondary N) is 2. The summed E-state index contributed by atoms with van der Waals surface area (Å²) in [6, 6.07) is 0. The molecule has 0 aromatic rings. The molecule has 2 saturated heterocycles. The predicted octanol–water partition coefficient (Wildman–Crippen LogP) is 0.442. The van der Waals surface area contributed by atoms with E-state index in [4.69, 9.17) is 101 Å². The van der Waals surface area contributed by atoms with Gasteiger partial charge in [0.1, 0.15) is 0 Å². The molecule has 0 unspecified atom stereocenters. The Morgan fingerprint density at radius 1 is 0.784 bits per heavy atom. The molecule has 14 nitrogen and oxygen atoms in total. The van der Waals surface area contributed by atoms with Crippen molar-refractivity contribution in [2.45, 2.75) is 0 Å². The number of hydrogen-bond acceptors (Lipinski definition) is 18. The van der Waals surface area contributed by atoms with Crippen molar-refractivity contribution in [3.05, 3.63) is 0 Å². The maximum absolute atomic E-state index is 8.58. The maximum atomic E-state index is 8.58. The number of rotatable bonds is 6. The van der Waals surface area contributed by atoms with E-state index in [1.54, 1.807) is 0 Å². The summed E-state index contributed by atoms with van der Waals surface area (Å²) >= 11 is 39.3. The number of thioether (sulfide) groups is 2. The van der Waals surface area contributed by atoms with Crippen LogP contribution in [0.5, 0.6) is 0 Å². The molecular weight excluding hydrogens is 769 g/mol. The summed E-state index contributed by atoms with van der Waals surface area (Å²) in [5.74, 6) is 3.81. The van der Waals surface area contributed by atoms with E-state index in [-0.39, 0.29) is 17.3 Å². The molecule has 0 saturated carbocycles. The summed E-state index contributed by atoms with van der Waals surface area (Å²) in [4.78, 5) is 9.45. The Morgan fingerprint density at radius 2 is 1.05 bits per heavy atom. The fourth-order valence-electron chi connectivity index (χ4n) is 2.49. The van der Waals surface area contributed by atoms with Gasteiger partial charge in [0.2, 0.25) is 0 Å². The van der Waals surface area contributed by atoms with Crippen molar-refractivity contribution in [1.82, 2.24) is 41.9 Å². The van der Waals surface area contributed by atoms with E-state index in [1.165, 1.54) is 21.5 Å². The van der Waals surface area contributed by atoms with Crippen LogP contribution in [0, 0.1) is 0 Å². The van der Waals surface area contributed by atoms with Crippen LogP contribution in [0.4, 0.5) is 0 Å². The van der Waals surface area contributed by atoms with Crippen LogP contribution in [0.1, 0.15) is 0 Å². The molecular formula is C12H22MoN8O6S10. The third-order valence-corrected chi connectivity index (χ3v) is 6.96. The van der Waals surface area contributed by atoms with Crippen molar-refractivity contribution in [2.24, 2.45) is 0 Å². The molecule has 0 amide bonds. The Balaban J connectivity index is 0.000000633. The topological polar surface area (TPSA) is 137 Å². The van der Waals surface area contributed by atoms with E-state index < -0.39 is 18.5 Å². The summed E-state index contributed by atoms with van der Waals surface area (Å²) in [6.45, 7) is 3.01. The van der Waals surface area contributed by atoms with Crippen LogP contribution >= 0.6 is 97.7 Å². The normalized spacial score (nSPS) is 15.5. The number of hydrogen-bond donors (Lipinski definition) is 6. The van der Waals surface area contributed by atoms with Crippen molar-refractivity contribution in [3.63, 3.8) is 0 Å². The Bertz CT molecular complexity index is 721. The number of hydrazine groups is 4. The Labute approximate surface area is 274 Å². The van der Waals surface area contributed by atoms with Gasteiger partial charge in [-0.1, -0.05) is 11.3 Å². The molecule has 2 heterocycles. The molecule has 0 aromatic carbocycles. The molecule has 4 N–H and O–H groups in total. The monoisotopic (exact) mass is 792 g/mol. The molecule has 25 heteroatoms. The zero-order chi connectivity index (χ0) is 28.4. The molecule has 2 rings (SSSR count). The van der Waals surface area contributed by atoms with Crippen LogP contribution in [0.3, 0.4) is 0 Å². The molecule has 212 valence electrons. The summed E-state index contributed by atoms with van der Waals surface area (Å²) in [5.41, 5.74) is 3.07. The fraction of sp³-hybridized carbons (Fsp3) is 0.667. The Kier molecular flexibility index (Phi) is 23.8. The zero-order valence-electron chi connectivity index (χ0n) is 18.4. The quantitative estimate of drug-likeness (QED) is 0.0730. The minimum absolute atomic E-state index is 0.0666. The second kappa shape index (κ2) is 23.0. The molecule has 37 heavy (non-hydrogen) atoms.